The Morgan fingerprint density at radius 2 is 0.794 bits per heavy atom. The second-order valence-corrected chi connectivity index (χ2v) is 18.0. The van der Waals surface area contributed by atoms with Gasteiger partial charge in [-0.3, -0.25) is 0 Å². The lowest BCUT2D eigenvalue weighted by molar-refractivity contribution is 0.793. The first-order valence-electron chi connectivity index (χ1n) is 23.5. The average molecular weight is 866 g/mol. The predicted molar refractivity (Wildman–Crippen MR) is 284 cm³/mol. The Balaban J connectivity index is 1.06. The molecule has 0 amide bonds. The molecule has 318 valence electrons. The molecule has 1 atom stereocenters. The molecule has 3 heteroatoms. The standard InChI is InChI=1S/C65H43N3/c1-4-22-45(23-5-1)66(60-36-18-21-44-20-10-11-28-50(44)60)48-38-40-53-51-29-12-15-33-57(51)65(59(53)42-48)58-34-16-13-30-52(58)56-32-19-37-62(64(56)65)67(46-24-6-2-7-25-46)49-39-41-55-54-31-14-17-35-61(54)68(63(55)43-49)47-26-8-3-9-27-47/h1-43H. The van der Waals surface area contributed by atoms with Crippen molar-refractivity contribution < 1.29 is 0 Å². The second-order valence-electron chi connectivity index (χ2n) is 18.0. The van der Waals surface area contributed by atoms with E-state index < -0.39 is 5.41 Å². The van der Waals surface area contributed by atoms with Gasteiger partial charge >= 0.3 is 0 Å². The fourth-order valence-corrected chi connectivity index (χ4v) is 11.9. The number of para-hydroxylation sites is 4. The van der Waals surface area contributed by atoms with Gasteiger partial charge in [-0.2, -0.15) is 0 Å². The van der Waals surface area contributed by atoms with Gasteiger partial charge in [0.1, 0.15) is 0 Å². The Labute approximate surface area is 395 Å². The first-order chi connectivity index (χ1) is 33.8. The third-order valence-electron chi connectivity index (χ3n) is 14.5. The van der Waals surface area contributed by atoms with Crippen LogP contribution < -0.4 is 9.80 Å². The third-order valence-corrected chi connectivity index (χ3v) is 14.5. The normalized spacial score (nSPS) is 14.2. The van der Waals surface area contributed by atoms with Crippen LogP contribution in [-0.4, -0.2) is 4.57 Å². The van der Waals surface area contributed by atoms with Gasteiger partial charge in [0.2, 0.25) is 0 Å². The largest absolute Gasteiger partial charge is 0.310 e. The van der Waals surface area contributed by atoms with E-state index in [1.165, 1.54) is 71.6 Å². The van der Waals surface area contributed by atoms with E-state index in [2.05, 4.69) is 275 Å². The van der Waals surface area contributed by atoms with Crippen molar-refractivity contribution in [3.05, 3.63) is 283 Å². The molecule has 3 nitrogen and oxygen atoms in total. The molecule has 0 saturated heterocycles. The number of benzene rings is 11. The van der Waals surface area contributed by atoms with Crippen LogP contribution in [-0.2, 0) is 5.41 Å². The molecule has 12 aromatic rings. The average Bonchev–Trinajstić information content (AvgIpc) is 4.01. The minimum Gasteiger partial charge on any atom is -0.310 e. The monoisotopic (exact) mass is 865 g/mol. The number of fused-ring (bicyclic) bond motifs is 14. The Kier molecular flexibility index (Phi) is 8.50. The summed E-state index contributed by atoms with van der Waals surface area (Å²) in [6.45, 7) is 0. The van der Waals surface area contributed by atoms with Crippen LogP contribution in [0.1, 0.15) is 22.3 Å². The Hall–Kier alpha value is -8.92. The number of rotatable bonds is 7. The number of hydrogen-bond acceptors (Lipinski definition) is 2. The molecule has 14 rings (SSSR count). The van der Waals surface area contributed by atoms with Gasteiger partial charge in [-0.25, -0.2) is 0 Å². The van der Waals surface area contributed by atoms with Gasteiger partial charge in [0, 0.05) is 50.2 Å². The van der Waals surface area contributed by atoms with E-state index in [0.717, 1.165) is 45.3 Å². The molecule has 68 heavy (non-hydrogen) atoms. The third kappa shape index (κ3) is 5.47. The lowest BCUT2D eigenvalue weighted by Crippen LogP contribution is -2.28. The van der Waals surface area contributed by atoms with E-state index in [9.17, 15) is 0 Å². The number of anilines is 6. The first-order valence-corrected chi connectivity index (χ1v) is 23.5. The minimum absolute atomic E-state index is 0.651. The lowest BCUT2D eigenvalue weighted by atomic mass is 9.69. The van der Waals surface area contributed by atoms with E-state index in [-0.39, 0.29) is 0 Å². The first kappa shape index (κ1) is 38.4. The van der Waals surface area contributed by atoms with Gasteiger partial charge in [0.05, 0.1) is 27.8 Å². The molecule has 0 fully saturated rings. The van der Waals surface area contributed by atoms with Crippen molar-refractivity contribution in [1.29, 1.82) is 0 Å². The molecule has 2 aliphatic carbocycles. The summed E-state index contributed by atoms with van der Waals surface area (Å²) in [5.74, 6) is 0. The summed E-state index contributed by atoms with van der Waals surface area (Å²) in [4.78, 5) is 4.96. The summed E-state index contributed by atoms with van der Waals surface area (Å²) in [6.07, 6.45) is 0. The van der Waals surface area contributed by atoms with E-state index in [4.69, 9.17) is 0 Å². The summed E-state index contributed by atoms with van der Waals surface area (Å²) < 4.78 is 2.42. The fraction of sp³-hybridized carbons (Fsp3) is 0.0154. The van der Waals surface area contributed by atoms with Crippen LogP contribution in [0.25, 0.3) is 60.5 Å². The van der Waals surface area contributed by atoms with Gasteiger partial charge in [-0.1, -0.05) is 182 Å². The number of hydrogen-bond donors (Lipinski definition) is 0. The van der Waals surface area contributed by atoms with Gasteiger partial charge in [0.25, 0.3) is 0 Å². The Morgan fingerprint density at radius 3 is 1.54 bits per heavy atom. The van der Waals surface area contributed by atoms with Crippen LogP contribution in [0.5, 0.6) is 0 Å². The van der Waals surface area contributed by atoms with E-state index in [1.807, 2.05) is 0 Å². The topological polar surface area (TPSA) is 11.4 Å². The second kappa shape index (κ2) is 15.1. The number of nitrogens with zero attached hydrogens (tertiary/aromatic N) is 3. The van der Waals surface area contributed by atoms with Crippen LogP contribution >= 0.6 is 0 Å². The van der Waals surface area contributed by atoms with Crippen molar-refractivity contribution in [1.82, 2.24) is 4.57 Å². The molecule has 1 unspecified atom stereocenters. The van der Waals surface area contributed by atoms with E-state index >= 15 is 0 Å². The van der Waals surface area contributed by atoms with E-state index in [1.54, 1.807) is 0 Å². The van der Waals surface area contributed by atoms with Crippen LogP contribution in [0, 0.1) is 0 Å². The lowest BCUT2D eigenvalue weighted by Gasteiger charge is -2.36. The summed E-state index contributed by atoms with van der Waals surface area (Å²) in [7, 11) is 0. The highest BCUT2D eigenvalue weighted by atomic mass is 15.2. The van der Waals surface area contributed by atoms with Crippen molar-refractivity contribution in [2.24, 2.45) is 0 Å². The molecule has 1 aromatic heterocycles. The van der Waals surface area contributed by atoms with E-state index in [0.29, 0.717) is 0 Å². The summed E-state index contributed by atoms with van der Waals surface area (Å²) in [5, 5.41) is 4.88. The summed E-state index contributed by atoms with van der Waals surface area (Å²) >= 11 is 0. The van der Waals surface area contributed by atoms with Crippen molar-refractivity contribution >= 4 is 66.7 Å². The molecule has 0 radical (unpaired) electrons. The minimum atomic E-state index is -0.651. The predicted octanol–water partition coefficient (Wildman–Crippen LogP) is 17.2. The van der Waals surface area contributed by atoms with Gasteiger partial charge in [-0.05, 0) is 123 Å². The highest BCUT2D eigenvalue weighted by molar-refractivity contribution is 6.11. The van der Waals surface area contributed by atoms with Gasteiger partial charge in [-0.15, -0.1) is 0 Å². The Bertz CT molecular complexity index is 3910. The zero-order valence-electron chi connectivity index (χ0n) is 37.2. The SMILES string of the molecule is c1ccc(N(c2ccc3c4ccccc4n(-c4ccccc4)c3c2)c2cccc3c2C2(c4ccccc4-c4ccc(N(c5ccccc5)c5cccc6ccccc56)cc42)c2ccccc2-3)cc1. The van der Waals surface area contributed by atoms with Crippen molar-refractivity contribution in [2.75, 3.05) is 9.80 Å². The molecule has 2 aliphatic rings. The van der Waals surface area contributed by atoms with Crippen molar-refractivity contribution in [2.45, 2.75) is 5.41 Å². The summed E-state index contributed by atoms with van der Waals surface area (Å²) in [5.41, 5.74) is 19.8. The Morgan fingerprint density at radius 1 is 0.294 bits per heavy atom. The van der Waals surface area contributed by atoms with Crippen LogP contribution in [0.2, 0.25) is 0 Å². The molecule has 0 aliphatic heterocycles. The van der Waals surface area contributed by atoms with Crippen molar-refractivity contribution in [3.8, 4) is 27.9 Å². The van der Waals surface area contributed by atoms with Crippen molar-refractivity contribution in [3.63, 3.8) is 0 Å². The maximum absolute atomic E-state index is 2.51. The zero-order chi connectivity index (χ0) is 44.8. The smallest absolute Gasteiger partial charge is 0.0746 e. The molecule has 0 bridgehead atoms. The molecule has 0 N–H and O–H groups in total. The molecule has 1 heterocycles. The van der Waals surface area contributed by atoms with Gasteiger partial charge < -0.3 is 14.4 Å². The number of aromatic nitrogens is 1. The maximum Gasteiger partial charge on any atom is 0.0746 e. The summed E-state index contributed by atoms with van der Waals surface area (Å²) in [6, 6.07) is 96.2. The van der Waals surface area contributed by atoms with Crippen LogP contribution in [0.15, 0.2) is 261 Å². The quantitative estimate of drug-likeness (QED) is 0.158. The van der Waals surface area contributed by atoms with Gasteiger partial charge in [0.15, 0.2) is 0 Å². The molecule has 0 saturated carbocycles. The molecule has 11 aromatic carbocycles. The highest BCUT2D eigenvalue weighted by Crippen LogP contribution is 2.66. The molecular weight excluding hydrogens is 823 g/mol. The maximum atomic E-state index is 2.51. The van der Waals surface area contributed by atoms with Crippen LogP contribution in [0.3, 0.4) is 0 Å². The van der Waals surface area contributed by atoms with Crippen LogP contribution in [0.4, 0.5) is 34.1 Å². The molecule has 1 spiro atoms. The fourth-order valence-electron chi connectivity index (χ4n) is 11.9. The zero-order valence-corrected chi connectivity index (χ0v) is 37.2. The highest BCUT2D eigenvalue weighted by Gasteiger charge is 2.53. The molecular formula is C65H43N3.